The summed E-state index contributed by atoms with van der Waals surface area (Å²) in [6.07, 6.45) is 2.86. The van der Waals surface area contributed by atoms with Crippen LogP contribution >= 0.6 is 0 Å². The van der Waals surface area contributed by atoms with E-state index < -0.39 is 0 Å². The number of amides is 1. The molecule has 0 radical (unpaired) electrons. The molecular weight excluding hydrogens is 226 g/mol. The summed E-state index contributed by atoms with van der Waals surface area (Å²) in [6.45, 7) is 4.05. The molecule has 98 valence electrons. The number of carbonyl (C=O) groups is 1. The zero-order valence-electron chi connectivity index (χ0n) is 10.9. The van der Waals surface area contributed by atoms with E-state index in [-0.39, 0.29) is 11.9 Å². The topological polar surface area (TPSA) is 58.4 Å². The number of nitrogens with zero attached hydrogens (tertiary/aromatic N) is 1. The monoisotopic (exact) mass is 247 g/mol. The molecule has 1 fully saturated rings. The lowest BCUT2D eigenvalue weighted by Gasteiger charge is -2.18. The van der Waals surface area contributed by atoms with Crippen molar-refractivity contribution >= 4 is 17.3 Å². The second kappa shape index (κ2) is 5.87. The third kappa shape index (κ3) is 3.47. The van der Waals surface area contributed by atoms with Gasteiger partial charge in [0.2, 0.25) is 5.91 Å². The molecule has 1 saturated heterocycles. The fourth-order valence-corrected chi connectivity index (χ4v) is 2.26. The van der Waals surface area contributed by atoms with E-state index in [9.17, 15) is 4.79 Å². The zero-order valence-corrected chi connectivity index (χ0v) is 10.9. The zero-order chi connectivity index (χ0) is 13.0. The molecule has 1 aromatic rings. The molecule has 2 rings (SSSR count). The van der Waals surface area contributed by atoms with Crippen molar-refractivity contribution in [2.45, 2.75) is 32.2 Å². The Labute approximate surface area is 108 Å². The largest absolute Gasteiger partial charge is 0.371 e. The van der Waals surface area contributed by atoms with Crippen molar-refractivity contribution in [3.63, 3.8) is 0 Å². The lowest BCUT2D eigenvalue weighted by Crippen LogP contribution is -2.24. The van der Waals surface area contributed by atoms with Crippen LogP contribution in [0.3, 0.4) is 0 Å². The third-order valence-corrected chi connectivity index (χ3v) is 3.11. The summed E-state index contributed by atoms with van der Waals surface area (Å²) < 4.78 is 0. The first-order valence-electron chi connectivity index (χ1n) is 6.55. The van der Waals surface area contributed by atoms with Crippen LogP contribution in [0, 0.1) is 0 Å². The fourth-order valence-electron chi connectivity index (χ4n) is 2.26. The van der Waals surface area contributed by atoms with Gasteiger partial charge in [-0.3, -0.25) is 4.79 Å². The smallest absolute Gasteiger partial charge is 0.225 e. The molecule has 1 aromatic carbocycles. The van der Waals surface area contributed by atoms with Gasteiger partial charge in [-0.15, -0.1) is 0 Å². The molecule has 0 saturated carbocycles. The highest BCUT2D eigenvalue weighted by Gasteiger charge is 2.13. The Balaban J connectivity index is 2.00. The second-order valence-corrected chi connectivity index (χ2v) is 4.97. The van der Waals surface area contributed by atoms with Gasteiger partial charge in [0.1, 0.15) is 0 Å². The van der Waals surface area contributed by atoms with Gasteiger partial charge in [0.05, 0.1) is 0 Å². The van der Waals surface area contributed by atoms with Crippen LogP contribution in [0.1, 0.15) is 26.2 Å². The maximum Gasteiger partial charge on any atom is 0.225 e. The second-order valence-electron chi connectivity index (χ2n) is 4.97. The molecule has 1 aliphatic rings. The Kier molecular flexibility index (Phi) is 4.20. The van der Waals surface area contributed by atoms with Crippen molar-refractivity contribution in [1.29, 1.82) is 0 Å². The van der Waals surface area contributed by atoms with E-state index in [0.29, 0.717) is 6.42 Å². The maximum absolute atomic E-state index is 11.7. The standard InChI is InChI=1S/C14H21N3O/c1-11(15)9-14(18)16-12-5-4-6-13(10-12)17-7-2-3-8-17/h4-6,10-11H,2-3,7-9,15H2,1H3,(H,16,18)/t11-/m0/s1. The molecule has 1 atom stereocenters. The fraction of sp³-hybridized carbons (Fsp3) is 0.500. The van der Waals surface area contributed by atoms with Gasteiger partial charge in [0.25, 0.3) is 0 Å². The summed E-state index contributed by atoms with van der Waals surface area (Å²) in [6, 6.07) is 7.91. The number of benzene rings is 1. The number of anilines is 2. The number of nitrogens with two attached hydrogens (primary N) is 1. The van der Waals surface area contributed by atoms with Crippen molar-refractivity contribution in [3.05, 3.63) is 24.3 Å². The molecule has 3 N–H and O–H groups in total. The first-order valence-corrected chi connectivity index (χ1v) is 6.55. The van der Waals surface area contributed by atoms with Gasteiger partial charge in [0.15, 0.2) is 0 Å². The molecule has 1 amide bonds. The SMILES string of the molecule is C[C@H](N)CC(=O)Nc1cccc(N2CCCC2)c1. The van der Waals surface area contributed by atoms with Crippen molar-refractivity contribution in [1.82, 2.24) is 0 Å². The van der Waals surface area contributed by atoms with Crippen molar-refractivity contribution < 1.29 is 4.79 Å². The number of rotatable bonds is 4. The van der Waals surface area contributed by atoms with Crippen LogP contribution in [0.2, 0.25) is 0 Å². The van der Waals surface area contributed by atoms with Crippen LogP contribution in [0.4, 0.5) is 11.4 Å². The van der Waals surface area contributed by atoms with Crippen molar-refractivity contribution in [3.8, 4) is 0 Å². The maximum atomic E-state index is 11.7. The molecule has 0 unspecified atom stereocenters. The summed E-state index contributed by atoms with van der Waals surface area (Å²) in [4.78, 5) is 14.0. The molecule has 0 bridgehead atoms. The highest BCUT2D eigenvalue weighted by Crippen LogP contribution is 2.23. The Bertz CT molecular complexity index is 411. The molecule has 4 nitrogen and oxygen atoms in total. The summed E-state index contributed by atoms with van der Waals surface area (Å²) in [7, 11) is 0. The van der Waals surface area contributed by atoms with Crippen molar-refractivity contribution in [2.24, 2.45) is 5.73 Å². The van der Waals surface area contributed by atoms with E-state index >= 15 is 0 Å². The van der Waals surface area contributed by atoms with Gasteiger partial charge < -0.3 is 16.0 Å². The average molecular weight is 247 g/mol. The van der Waals surface area contributed by atoms with Crippen LogP contribution in [-0.4, -0.2) is 25.0 Å². The molecule has 1 aliphatic heterocycles. The Morgan fingerprint density at radius 1 is 1.44 bits per heavy atom. The van der Waals surface area contributed by atoms with E-state index in [4.69, 9.17) is 5.73 Å². The quantitative estimate of drug-likeness (QED) is 0.855. The average Bonchev–Trinajstić information content (AvgIpc) is 2.81. The Hall–Kier alpha value is -1.55. The van der Waals surface area contributed by atoms with Gasteiger partial charge in [-0.25, -0.2) is 0 Å². The predicted molar refractivity (Wildman–Crippen MR) is 74.8 cm³/mol. The molecular formula is C14H21N3O. The van der Waals surface area contributed by atoms with Gasteiger partial charge in [0, 0.05) is 36.9 Å². The minimum atomic E-state index is -0.105. The van der Waals surface area contributed by atoms with Gasteiger partial charge in [-0.2, -0.15) is 0 Å². The number of hydrogen-bond donors (Lipinski definition) is 2. The van der Waals surface area contributed by atoms with Gasteiger partial charge in [-0.1, -0.05) is 6.07 Å². The normalized spacial score (nSPS) is 16.7. The van der Waals surface area contributed by atoms with E-state index in [0.717, 1.165) is 18.8 Å². The van der Waals surface area contributed by atoms with E-state index in [1.807, 2.05) is 25.1 Å². The predicted octanol–water partition coefficient (Wildman–Crippen LogP) is 1.96. The lowest BCUT2D eigenvalue weighted by atomic mass is 10.2. The molecule has 0 spiro atoms. The first-order chi connectivity index (χ1) is 8.65. The van der Waals surface area contributed by atoms with Crippen LogP contribution in [-0.2, 0) is 4.79 Å². The Morgan fingerprint density at radius 2 is 2.17 bits per heavy atom. The Morgan fingerprint density at radius 3 is 2.83 bits per heavy atom. The van der Waals surface area contributed by atoms with E-state index in [1.165, 1.54) is 18.5 Å². The van der Waals surface area contributed by atoms with E-state index in [1.54, 1.807) is 0 Å². The third-order valence-electron chi connectivity index (χ3n) is 3.11. The van der Waals surface area contributed by atoms with Crippen LogP contribution in [0.5, 0.6) is 0 Å². The van der Waals surface area contributed by atoms with Crippen LogP contribution in [0.15, 0.2) is 24.3 Å². The summed E-state index contributed by atoms with van der Waals surface area (Å²) >= 11 is 0. The molecule has 0 aliphatic carbocycles. The van der Waals surface area contributed by atoms with E-state index in [2.05, 4.69) is 16.3 Å². The van der Waals surface area contributed by atoms with Crippen molar-refractivity contribution in [2.75, 3.05) is 23.3 Å². The van der Waals surface area contributed by atoms with Crippen LogP contribution in [0.25, 0.3) is 0 Å². The molecule has 0 aromatic heterocycles. The summed E-state index contributed by atoms with van der Waals surface area (Å²) in [5, 5.41) is 2.89. The number of hydrogen-bond acceptors (Lipinski definition) is 3. The molecule has 1 heterocycles. The first kappa shape index (κ1) is 12.9. The minimum absolute atomic E-state index is 0.0245. The highest BCUT2D eigenvalue weighted by atomic mass is 16.1. The van der Waals surface area contributed by atoms with Crippen LogP contribution < -0.4 is 16.0 Å². The lowest BCUT2D eigenvalue weighted by molar-refractivity contribution is -0.116. The van der Waals surface area contributed by atoms with Gasteiger partial charge >= 0.3 is 0 Å². The summed E-state index contributed by atoms with van der Waals surface area (Å²) in [5.41, 5.74) is 7.65. The highest BCUT2D eigenvalue weighted by molar-refractivity contribution is 5.91. The molecule has 18 heavy (non-hydrogen) atoms. The number of carbonyl (C=O) groups excluding carboxylic acids is 1. The summed E-state index contributed by atoms with van der Waals surface area (Å²) in [5.74, 6) is -0.0245. The minimum Gasteiger partial charge on any atom is -0.371 e. The van der Waals surface area contributed by atoms with Gasteiger partial charge in [-0.05, 0) is 38.0 Å². The molecule has 4 heteroatoms. The number of nitrogens with one attached hydrogen (secondary N) is 1.